The Hall–Kier alpha value is -3.25. The largest absolute Gasteiger partial charge is 0.530 e. The number of piperidine rings is 1. The van der Waals surface area contributed by atoms with Crippen molar-refractivity contribution in [3.05, 3.63) is 35.6 Å². The molecule has 2 heterocycles. The minimum atomic E-state index is -1.30. The standard InChI is InChI=1S/C21H25FN6O2/c1-21(2,3)28(8-4-5-15(12-28)25-20(29)30)18-10-17(26-19(24)27-18)13-6-7-14(11-23)16(22)9-13/h6-7,9-10,15,25H,4-5,8,12H2,1-3H3,(H2-,24,26,27,29,30). The highest BCUT2D eigenvalue weighted by atomic mass is 19.1. The Bertz CT molecular complexity index is 1010. The van der Waals surface area contributed by atoms with Crippen molar-refractivity contribution >= 4 is 17.9 Å². The molecule has 2 atom stereocenters. The summed E-state index contributed by atoms with van der Waals surface area (Å²) in [6.45, 7) is 7.41. The highest BCUT2D eigenvalue weighted by molar-refractivity contribution is 5.65. The molecule has 8 nitrogen and oxygen atoms in total. The van der Waals surface area contributed by atoms with Crippen LogP contribution < -0.4 is 20.6 Å². The van der Waals surface area contributed by atoms with Crippen molar-refractivity contribution in [1.82, 2.24) is 19.8 Å². The Kier molecular flexibility index (Phi) is 5.63. The van der Waals surface area contributed by atoms with Crippen LogP contribution in [0, 0.1) is 17.1 Å². The van der Waals surface area contributed by atoms with E-state index in [0.717, 1.165) is 13.0 Å². The molecule has 158 valence electrons. The maximum atomic E-state index is 14.2. The predicted octanol–water partition coefficient (Wildman–Crippen LogP) is 1.94. The highest BCUT2D eigenvalue weighted by Crippen LogP contribution is 2.38. The summed E-state index contributed by atoms with van der Waals surface area (Å²) in [6, 6.07) is 7.55. The van der Waals surface area contributed by atoms with E-state index in [9.17, 15) is 14.3 Å². The van der Waals surface area contributed by atoms with Gasteiger partial charge in [-0.1, -0.05) is 6.07 Å². The number of hydrogen-bond donors (Lipinski definition) is 2. The van der Waals surface area contributed by atoms with Crippen LogP contribution in [0.15, 0.2) is 24.3 Å². The number of nitrogens with one attached hydrogen (secondary N) is 1. The number of quaternary nitrogens is 1. The van der Waals surface area contributed by atoms with Gasteiger partial charge in [-0.2, -0.15) is 10.2 Å². The summed E-state index contributed by atoms with van der Waals surface area (Å²) >= 11 is 0. The molecule has 1 fully saturated rings. The Morgan fingerprint density at radius 2 is 2.10 bits per heavy atom. The molecule has 1 aromatic carbocycles. The number of carbonyl (C=O) groups excluding carboxylic acids is 1. The molecule has 3 rings (SSSR count). The molecule has 30 heavy (non-hydrogen) atoms. The van der Waals surface area contributed by atoms with Gasteiger partial charge in [-0.05, 0) is 45.7 Å². The van der Waals surface area contributed by atoms with Crippen molar-refractivity contribution in [3.63, 3.8) is 0 Å². The monoisotopic (exact) mass is 412 g/mol. The van der Waals surface area contributed by atoms with Crippen molar-refractivity contribution < 1.29 is 14.3 Å². The minimum Gasteiger partial charge on any atom is -0.530 e. The molecule has 1 aliphatic heterocycles. The summed E-state index contributed by atoms with van der Waals surface area (Å²) in [4.78, 5) is 19.9. The Morgan fingerprint density at radius 3 is 2.70 bits per heavy atom. The first-order valence-corrected chi connectivity index (χ1v) is 9.75. The number of rotatable bonds is 3. The van der Waals surface area contributed by atoms with Gasteiger partial charge in [0.15, 0.2) is 0 Å². The number of benzene rings is 1. The molecular formula is C21H25FN6O2. The van der Waals surface area contributed by atoms with Crippen LogP contribution in [0.25, 0.3) is 11.3 Å². The second-order valence-electron chi connectivity index (χ2n) is 8.59. The normalized spacial score (nSPS) is 21.6. The van der Waals surface area contributed by atoms with Crippen LogP contribution in [-0.4, -0.2) is 40.7 Å². The first-order chi connectivity index (χ1) is 14.1. The lowest BCUT2D eigenvalue weighted by Crippen LogP contribution is -2.69. The van der Waals surface area contributed by atoms with Crippen LogP contribution in [0.3, 0.4) is 0 Å². The second kappa shape index (κ2) is 7.88. The molecule has 0 saturated carbocycles. The zero-order valence-corrected chi connectivity index (χ0v) is 17.3. The summed E-state index contributed by atoms with van der Waals surface area (Å²) in [5.74, 6) is 0.0493. The molecule has 0 radical (unpaired) electrons. The van der Waals surface area contributed by atoms with Crippen molar-refractivity contribution in [2.75, 3.05) is 18.8 Å². The topological polar surface area (TPSA) is 128 Å². The van der Waals surface area contributed by atoms with E-state index in [1.54, 1.807) is 18.2 Å². The molecule has 3 N–H and O–H groups in total. The zero-order valence-electron chi connectivity index (χ0n) is 17.3. The smallest absolute Gasteiger partial charge is 0.233 e. The third-order valence-corrected chi connectivity index (χ3v) is 5.78. The number of nitrogens with two attached hydrogens (primary N) is 1. The molecule has 0 spiro atoms. The number of halogens is 1. The van der Waals surface area contributed by atoms with Gasteiger partial charge < -0.3 is 21.0 Å². The van der Waals surface area contributed by atoms with E-state index in [4.69, 9.17) is 11.0 Å². The van der Waals surface area contributed by atoms with E-state index < -0.39 is 11.9 Å². The first-order valence-electron chi connectivity index (χ1n) is 9.75. The van der Waals surface area contributed by atoms with Gasteiger partial charge in [0.2, 0.25) is 11.8 Å². The molecule has 2 unspecified atom stereocenters. The number of amides is 1. The fourth-order valence-electron chi connectivity index (χ4n) is 4.20. The van der Waals surface area contributed by atoms with Gasteiger partial charge in [0.1, 0.15) is 24.5 Å². The lowest BCUT2D eigenvalue weighted by molar-refractivity contribution is -0.252. The number of carbonyl (C=O) groups is 1. The van der Waals surface area contributed by atoms with Crippen LogP contribution >= 0.6 is 0 Å². The molecule has 9 heteroatoms. The number of hydrogen-bond acceptors (Lipinski definition) is 6. The molecular weight excluding hydrogens is 387 g/mol. The van der Waals surface area contributed by atoms with Gasteiger partial charge in [-0.3, -0.25) is 4.48 Å². The van der Waals surface area contributed by atoms with Crippen LogP contribution in [-0.2, 0) is 0 Å². The zero-order chi connectivity index (χ0) is 22.1. The fourth-order valence-corrected chi connectivity index (χ4v) is 4.20. The summed E-state index contributed by atoms with van der Waals surface area (Å²) in [5, 5.41) is 22.6. The molecule has 1 aliphatic rings. The third-order valence-electron chi connectivity index (χ3n) is 5.78. The van der Waals surface area contributed by atoms with E-state index >= 15 is 0 Å². The summed E-state index contributed by atoms with van der Waals surface area (Å²) in [7, 11) is 0. The Morgan fingerprint density at radius 1 is 1.37 bits per heavy atom. The van der Waals surface area contributed by atoms with Gasteiger partial charge in [-0.15, -0.1) is 0 Å². The van der Waals surface area contributed by atoms with Crippen LogP contribution in [0.5, 0.6) is 0 Å². The van der Waals surface area contributed by atoms with Crippen LogP contribution in [0.1, 0.15) is 39.2 Å². The average molecular weight is 412 g/mol. The van der Waals surface area contributed by atoms with Gasteiger partial charge in [0, 0.05) is 11.6 Å². The predicted molar refractivity (Wildman–Crippen MR) is 109 cm³/mol. The third kappa shape index (κ3) is 4.04. The summed E-state index contributed by atoms with van der Waals surface area (Å²) in [6.07, 6.45) is 0.190. The van der Waals surface area contributed by atoms with Gasteiger partial charge in [-0.25, -0.2) is 9.37 Å². The minimum absolute atomic E-state index is 0.0454. The number of likely N-dealkylation sites (tertiary alicyclic amines) is 1. The van der Waals surface area contributed by atoms with Crippen molar-refractivity contribution in [3.8, 4) is 17.3 Å². The number of nitriles is 1. The van der Waals surface area contributed by atoms with Gasteiger partial charge >= 0.3 is 0 Å². The molecule has 1 aromatic heterocycles. The number of carboxylic acid groups (broad SMARTS) is 1. The first kappa shape index (κ1) is 21.5. The molecule has 1 amide bonds. The second-order valence-corrected chi connectivity index (χ2v) is 8.59. The molecule has 0 aliphatic carbocycles. The maximum Gasteiger partial charge on any atom is 0.233 e. The lowest BCUT2D eigenvalue weighted by atomic mass is 9.92. The maximum absolute atomic E-state index is 14.2. The van der Waals surface area contributed by atoms with Crippen LogP contribution in [0.4, 0.5) is 21.0 Å². The number of aromatic nitrogens is 2. The molecule has 1 saturated heterocycles. The van der Waals surface area contributed by atoms with E-state index in [0.29, 0.717) is 34.5 Å². The van der Waals surface area contributed by atoms with Crippen molar-refractivity contribution in [1.29, 1.82) is 5.26 Å². The van der Waals surface area contributed by atoms with Gasteiger partial charge in [0.25, 0.3) is 0 Å². The highest BCUT2D eigenvalue weighted by Gasteiger charge is 2.47. The van der Waals surface area contributed by atoms with Crippen molar-refractivity contribution in [2.24, 2.45) is 0 Å². The molecule has 0 bridgehead atoms. The molecule has 2 aromatic rings. The Labute approximate surface area is 174 Å². The number of anilines is 1. The fraction of sp³-hybridized carbons (Fsp3) is 0.429. The lowest BCUT2D eigenvalue weighted by Gasteiger charge is -2.51. The SMILES string of the molecule is CC(C)(C)[N+]1(c2cc(-c3ccc(C#N)c(F)c3)nc(N)n2)CCCC(NC(=O)[O-])C1. The Balaban J connectivity index is 2.11. The van der Waals surface area contributed by atoms with E-state index in [2.05, 4.69) is 36.1 Å². The van der Waals surface area contributed by atoms with E-state index in [1.807, 2.05) is 0 Å². The van der Waals surface area contributed by atoms with Crippen LogP contribution in [0.2, 0.25) is 0 Å². The van der Waals surface area contributed by atoms with Crippen molar-refractivity contribution in [2.45, 2.75) is 45.2 Å². The van der Waals surface area contributed by atoms with Gasteiger partial charge in [0.05, 0.1) is 29.4 Å². The quantitative estimate of drug-likeness (QED) is 0.742. The summed E-state index contributed by atoms with van der Waals surface area (Å²) < 4.78 is 14.5. The summed E-state index contributed by atoms with van der Waals surface area (Å²) in [5.41, 5.74) is 6.57. The number of nitrogens with zero attached hydrogens (tertiary/aromatic N) is 4. The average Bonchev–Trinajstić information content (AvgIpc) is 2.66. The van der Waals surface area contributed by atoms with E-state index in [-0.39, 0.29) is 23.1 Å². The van der Waals surface area contributed by atoms with E-state index in [1.165, 1.54) is 12.1 Å². The number of nitrogen functional groups attached to an aromatic ring is 1.